The molecule has 0 bridgehead atoms. The first kappa shape index (κ1) is 23.5. The van der Waals surface area contributed by atoms with E-state index in [2.05, 4.69) is 41.5 Å². The maximum absolute atomic E-state index is 12.7. The number of hydrogen-bond donors (Lipinski definition) is 2. The van der Waals surface area contributed by atoms with Gasteiger partial charge in [0.2, 0.25) is 0 Å². The number of phenolic OH excluding ortho intramolecular Hbond substituents is 1. The van der Waals surface area contributed by atoms with E-state index in [-0.39, 0.29) is 22.4 Å². The number of rotatable bonds is 6. The van der Waals surface area contributed by atoms with E-state index >= 15 is 0 Å². The topological polar surface area (TPSA) is 72.5 Å². The fourth-order valence-corrected chi connectivity index (χ4v) is 3.22. The Morgan fingerprint density at radius 3 is 2.10 bits per heavy atom. The summed E-state index contributed by atoms with van der Waals surface area (Å²) >= 11 is 0. The highest BCUT2D eigenvalue weighted by Gasteiger charge is 2.29. The number of phenols is 1. The van der Waals surface area contributed by atoms with E-state index in [4.69, 9.17) is 10.5 Å². The largest absolute Gasteiger partial charge is 0.507 e. The van der Waals surface area contributed by atoms with Gasteiger partial charge in [0.25, 0.3) is 0 Å². The van der Waals surface area contributed by atoms with Gasteiger partial charge in [-0.2, -0.15) is 0 Å². The van der Waals surface area contributed by atoms with Gasteiger partial charge < -0.3 is 15.6 Å². The molecule has 0 aliphatic carbocycles. The van der Waals surface area contributed by atoms with E-state index in [1.54, 1.807) is 30.3 Å². The van der Waals surface area contributed by atoms with Crippen molar-refractivity contribution in [2.24, 2.45) is 0 Å². The Hall–Kier alpha value is -2.75. The summed E-state index contributed by atoms with van der Waals surface area (Å²) in [6.07, 6.45) is 4.00. The average molecular weight is 410 g/mol. The predicted octanol–water partition coefficient (Wildman–Crippen LogP) is 6.25. The van der Waals surface area contributed by atoms with Gasteiger partial charge in [-0.05, 0) is 59.7 Å². The Bertz CT molecular complexity index is 927. The summed E-state index contributed by atoms with van der Waals surface area (Å²) in [5, 5.41) is 11.2. The summed E-state index contributed by atoms with van der Waals surface area (Å²) in [5.41, 5.74) is 8.79. The van der Waals surface area contributed by atoms with E-state index in [1.807, 2.05) is 13.0 Å². The number of aromatic hydroxyl groups is 1. The van der Waals surface area contributed by atoms with Crippen LogP contribution in [0.4, 0.5) is 5.69 Å². The second-order valence-corrected chi connectivity index (χ2v) is 9.73. The second-order valence-electron chi connectivity index (χ2n) is 9.73. The molecule has 0 aliphatic heterocycles. The molecule has 0 heterocycles. The van der Waals surface area contributed by atoms with Crippen molar-refractivity contribution in [3.8, 4) is 11.5 Å². The van der Waals surface area contributed by atoms with Gasteiger partial charge in [0.05, 0.1) is 12.2 Å². The first-order valence-electron chi connectivity index (χ1n) is 10.5. The Balaban J connectivity index is 2.67. The lowest BCUT2D eigenvalue weighted by molar-refractivity contribution is 0.104. The van der Waals surface area contributed by atoms with Crippen LogP contribution in [-0.2, 0) is 10.8 Å². The highest BCUT2D eigenvalue weighted by molar-refractivity contribution is 6.07. The van der Waals surface area contributed by atoms with Gasteiger partial charge in [0, 0.05) is 22.4 Å². The number of benzene rings is 2. The lowest BCUT2D eigenvalue weighted by Crippen LogP contribution is -2.19. The molecule has 0 atom stereocenters. The Labute approximate surface area is 180 Å². The van der Waals surface area contributed by atoms with Crippen LogP contribution in [0.25, 0.3) is 6.08 Å². The molecule has 0 saturated carbocycles. The van der Waals surface area contributed by atoms with Gasteiger partial charge in [-0.25, -0.2) is 0 Å². The van der Waals surface area contributed by atoms with Crippen LogP contribution in [0.5, 0.6) is 11.5 Å². The van der Waals surface area contributed by atoms with Crippen LogP contribution < -0.4 is 10.5 Å². The van der Waals surface area contributed by atoms with Gasteiger partial charge in [-0.3, -0.25) is 4.79 Å². The zero-order chi connectivity index (χ0) is 22.7. The Morgan fingerprint density at radius 1 is 1.03 bits per heavy atom. The minimum Gasteiger partial charge on any atom is -0.507 e. The third-order valence-electron chi connectivity index (χ3n) is 4.95. The zero-order valence-electron chi connectivity index (χ0n) is 19.3. The second kappa shape index (κ2) is 8.95. The van der Waals surface area contributed by atoms with Gasteiger partial charge >= 0.3 is 0 Å². The summed E-state index contributed by atoms with van der Waals surface area (Å²) in [6.45, 7) is 15.1. The predicted molar refractivity (Wildman–Crippen MR) is 126 cm³/mol. The van der Waals surface area contributed by atoms with Crippen molar-refractivity contribution in [2.75, 3.05) is 12.3 Å². The van der Waals surface area contributed by atoms with Crippen LogP contribution >= 0.6 is 0 Å². The number of hydrogen-bond acceptors (Lipinski definition) is 4. The molecule has 0 fully saturated rings. The lowest BCUT2D eigenvalue weighted by Gasteiger charge is -2.30. The summed E-state index contributed by atoms with van der Waals surface area (Å²) in [7, 11) is 0. The summed E-state index contributed by atoms with van der Waals surface area (Å²) in [4.78, 5) is 12.7. The highest BCUT2D eigenvalue weighted by Crippen LogP contribution is 2.45. The van der Waals surface area contributed by atoms with Crippen molar-refractivity contribution < 1.29 is 14.6 Å². The third kappa shape index (κ3) is 5.44. The number of allylic oxidation sites excluding steroid dienone is 1. The van der Waals surface area contributed by atoms with Crippen molar-refractivity contribution >= 4 is 17.5 Å². The summed E-state index contributed by atoms with van der Waals surface area (Å²) < 4.78 is 6.11. The van der Waals surface area contributed by atoms with Crippen LogP contribution in [-0.4, -0.2) is 17.5 Å². The molecule has 162 valence electrons. The number of ether oxygens (including phenoxy) is 1. The lowest BCUT2D eigenvalue weighted by atomic mass is 9.78. The van der Waals surface area contributed by atoms with Crippen molar-refractivity contribution in [1.29, 1.82) is 0 Å². The van der Waals surface area contributed by atoms with Gasteiger partial charge in [0.15, 0.2) is 5.78 Å². The number of nitrogen functional groups attached to an aromatic ring is 1. The molecular formula is C26H35NO3. The standard InChI is InChI=1S/C26H35NO3/c1-8-15-30-24-19(13-14-22(28)17-9-11-18(27)12-10-17)23(29)20(25(2,3)4)16-21(24)26(5,6)7/h9-14,16,29H,8,15,27H2,1-7H3/b14-13+. The molecule has 0 saturated heterocycles. The molecule has 0 radical (unpaired) electrons. The maximum Gasteiger partial charge on any atom is 0.185 e. The zero-order valence-corrected chi connectivity index (χ0v) is 19.3. The van der Waals surface area contributed by atoms with Crippen molar-refractivity contribution in [2.45, 2.75) is 65.7 Å². The van der Waals surface area contributed by atoms with E-state index in [1.165, 1.54) is 6.08 Å². The van der Waals surface area contributed by atoms with Gasteiger partial charge in [-0.15, -0.1) is 0 Å². The van der Waals surface area contributed by atoms with Crippen molar-refractivity contribution in [1.82, 2.24) is 0 Å². The molecule has 2 aromatic carbocycles. The van der Waals surface area contributed by atoms with Crippen LogP contribution in [0.2, 0.25) is 0 Å². The number of nitrogens with two attached hydrogens (primary N) is 1. The number of anilines is 1. The Morgan fingerprint density at radius 2 is 1.60 bits per heavy atom. The molecule has 4 heteroatoms. The van der Waals surface area contributed by atoms with E-state index in [0.29, 0.717) is 29.2 Å². The van der Waals surface area contributed by atoms with E-state index in [9.17, 15) is 9.90 Å². The van der Waals surface area contributed by atoms with Crippen LogP contribution in [0, 0.1) is 0 Å². The molecule has 2 rings (SSSR count). The van der Waals surface area contributed by atoms with E-state index in [0.717, 1.165) is 17.5 Å². The fraction of sp³-hybridized carbons (Fsp3) is 0.423. The smallest absolute Gasteiger partial charge is 0.185 e. The van der Waals surface area contributed by atoms with Crippen LogP contribution in [0.1, 0.15) is 81.9 Å². The Kier molecular flexibility index (Phi) is 7.02. The number of ketones is 1. The highest BCUT2D eigenvalue weighted by atomic mass is 16.5. The monoisotopic (exact) mass is 409 g/mol. The van der Waals surface area contributed by atoms with Crippen LogP contribution in [0.15, 0.2) is 36.4 Å². The quantitative estimate of drug-likeness (QED) is 0.336. The molecular weight excluding hydrogens is 374 g/mol. The molecule has 0 aromatic heterocycles. The molecule has 2 aromatic rings. The molecule has 0 unspecified atom stereocenters. The van der Waals surface area contributed by atoms with Crippen LogP contribution in [0.3, 0.4) is 0 Å². The van der Waals surface area contributed by atoms with Crippen molar-refractivity contribution in [3.63, 3.8) is 0 Å². The molecule has 3 N–H and O–H groups in total. The minimum atomic E-state index is -0.267. The third-order valence-corrected chi connectivity index (χ3v) is 4.95. The number of carbonyl (C=O) groups excluding carboxylic acids is 1. The SMILES string of the molecule is CCCOc1c(C(C)(C)C)cc(C(C)(C)C)c(O)c1/C=C/C(=O)c1ccc(N)cc1. The van der Waals surface area contributed by atoms with E-state index < -0.39 is 0 Å². The molecule has 30 heavy (non-hydrogen) atoms. The van der Waals surface area contributed by atoms with Gasteiger partial charge in [0.1, 0.15) is 11.5 Å². The first-order chi connectivity index (χ1) is 13.9. The van der Waals surface area contributed by atoms with Gasteiger partial charge in [-0.1, -0.05) is 48.5 Å². The fourth-order valence-electron chi connectivity index (χ4n) is 3.22. The molecule has 4 nitrogen and oxygen atoms in total. The normalized spacial score (nSPS) is 12.4. The molecule has 0 amide bonds. The summed E-state index contributed by atoms with van der Waals surface area (Å²) in [6, 6.07) is 8.84. The first-order valence-corrected chi connectivity index (χ1v) is 10.5. The molecule has 0 spiro atoms. The maximum atomic E-state index is 12.7. The average Bonchev–Trinajstić information content (AvgIpc) is 2.63. The molecule has 0 aliphatic rings. The number of carbonyl (C=O) groups is 1. The van der Waals surface area contributed by atoms with Crippen molar-refractivity contribution in [3.05, 3.63) is 58.7 Å². The summed E-state index contributed by atoms with van der Waals surface area (Å²) in [5.74, 6) is 0.633. The minimum absolute atomic E-state index is 0.156.